The van der Waals surface area contributed by atoms with Gasteiger partial charge in [0, 0.05) is 11.6 Å². The van der Waals surface area contributed by atoms with Gasteiger partial charge in [-0.15, -0.1) is 16.5 Å². The normalized spacial score (nSPS) is 15.4. The van der Waals surface area contributed by atoms with Crippen molar-refractivity contribution in [3.8, 4) is 0 Å². The summed E-state index contributed by atoms with van der Waals surface area (Å²) in [4.78, 5) is 15.3. The molecule has 0 saturated heterocycles. The van der Waals surface area contributed by atoms with E-state index in [-0.39, 0.29) is 12.3 Å². The van der Waals surface area contributed by atoms with E-state index < -0.39 is 0 Å². The molecule has 1 aliphatic rings. The summed E-state index contributed by atoms with van der Waals surface area (Å²) in [5.74, 6) is -0.0412. The highest BCUT2D eigenvalue weighted by Gasteiger charge is 2.14. The lowest BCUT2D eigenvalue weighted by Crippen LogP contribution is -2.42. The van der Waals surface area contributed by atoms with Gasteiger partial charge in [0.05, 0.1) is 0 Å². The molecule has 0 saturated carbocycles. The van der Waals surface area contributed by atoms with Crippen LogP contribution in [0.25, 0.3) is 0 Å². The largest absolute Gasteiger partial charge is 0.290 e. The molecule has 7 heteroatoms. The first-order valence-electron chi connectivity index (χ1n) is 3.60. The van der Waals surface area contributed by atoms with Crippen molar-refractivity contribution in [1.29, 1.82) is 0 Å². The van der Waals surface area contributed by atoms with Gasteiger partial charge in [-0.05, 0) is 0 Å². The highest BCUT2D eigenvalue weighted by Crippen LogP contribution is 2.04. The molecule has 0 unspecified atom stereocenters. The Hall–Kier alpha value is -1.47. The molecule has 2 rings (SSSR count). The lowest BCUT2D eigenvalue weighted by molar-refractivity contribution is 0.0867. The first kappa shape index (κ1) is 8.14. The zero-order chi connectivity index (χ0) is 9.10. The summed E-state index contributed by atoms with van der Waals surface area (Å²) < 4.78 is 0. The topological polar surface area (TPSA) is 69.6 Å². The third kappa shape index (κ3) is 1.82. The Balaban J connectivity index is 1.92. The number of thiazole rings is 1. The average molecular weight is 197 g/mol. The molecule has 2 N–H and O–H groups in total. The minimum atomic E-state index is -0.0412. The van der Waals surface area contributed by atoms with Crippen LogP contribution in [-0.4, -0.2) is 28.8 Å². The molecule has 0 amide bonds. The number of Topliss-reactive ketones (excluding diaryl/α,β-unsaturated/α-hetero) is 1. The van der Waals surface area contributed by atoms with Crippen LogP contribution >= 0.6 is 11.3 Å². The van der Waals surface area contributed by atoms with Crippen molar-refractivity contribution in [1.82, 2.24) is 21.1 Å². The molecule has 68 valence electrons. The van der Waals surface area contributed by atoms with Crippen LogP contribution in [0.1, 0.15) is 9.80 Å². The molecule has 2 heterocycles. The number of rotatable bonds is 3. The number of carbonyl (C=O) groups excluding carboxylic acids is 1. The summed E-state index contributed by atoms with van der Waals surface area (Å²) in [6.45, 7) is 0.202. The zero-order valence-electron chi connectivity index (χ0n) is 6.60. The Morgan fingerprint density at radius 3 is 3.23 bits per heavy atom. The van der Waals surface area contributed by atoms with Crippen molar-refractivity contribution in [2.24, 2.45) is 5.10 Å². The van der Waals surface area contributed by atoms with Gasteiger partial charge < -0.3 is 0 Å². The van der Waals surface area contributed by atoms with E-state index in [1.165, 1.54) is 22.8 Å². The fraction of sp³-hybridized carbons (Fsp3) is 0.167. The summed E-state index contributed by atoms with van der Waals surface area (Å²) >= 11 is 1.33. The van der Waals surface area contributed by atoms with Gasteiger partial charge in [0.25, 0.3) is 0 Å². The maximum Gasteiger partial charge on any atom is 0.209 e. The Morgan fingerprint density at radius 1 is 1.69 bits per heavy atom. The number of hydrogen-bond donors (Lipinski definition) is 2. The summed E-state index contributed by atoms with van der Waals surface area (Å²) in [5.41, 5.74) is 5.33. The molecule has 1 aliphatic heterocycles. The highest BCUT2D eigenvalue weighted by atomic mass is 32.1. The molecule has 0 aromatic carbocycles. The molecular weight excluding hydrogens is 190 g/mol. The minimum Gasteiger partial charge on any atom is -0.290 e. The third-order valence-corrected chi connectivity index (χ3v) is 2.24. The van der Waals surface area contributed by atoms with Crippen molar-refractivity contribution in [3.63, 3.8) is 0 Å². The van der Waals surface area contributed by atoms with Gasteiger partial charge in [-0.2, -0.15) is 5.10 Å². The van der Waals surface area contributed by atoms with Gasteiger partial charge in [-0.25, -0.2) is 10.5 Å². The Kier molecular flexibility index (Phi) is 2.19. The number of hydrogen-bond acceptors (Lipinski definition) is 7. The first-order chi connectivity index (χ1) is 6.36. The second-order valence-electron chi connectivity index (χ2n) is 2.33. The lowest BCUT2D eigenvalue weighted by Gasteiger charge is -2.11. The quantitative estimate of drug-likeness (QED) is 0.645. The Labute approximate surface area is 78.2 Å². The van der Waals surface area contributed by atoms with Crippen LogP contribution < -0.4 is 11.0 Å². The maximum atomic E-state index is 11.4. The molecule has 1 aromatic heterocycles. The first-order valence-corrected chi connectivity index (χ1v) is 4.48. The average Bonchev–Trinajstić information content (AvgIpc) is 2.74. The number of aromatic nitrogens is 1. The predicted octanol–water partition coefficient (Wildman–Crippen LogP) is -0.406. The van der Waals surface area contributed by atoms with E-state index in [0.29, 0.717) is 5.01 Å². The van der Waals surface area contributed by atoms with Gasteiger partial charge in [-0.3, -0.25) is 10.2 Å². The zero-order valence-corrected chi connectivity index (χ0v) is 7.41. The van der Waals surface area contributed by atoms with Crippen LogP contribution in [0.15, 0.2) is 16.7 Å². The molecule has 0 aliphatic carbocycles. The molecule has 0 spiro atoms. The molecular formula is C6H7N5OS. The number of hydrazine groups is 2. The number of ketones is 1. The van der Waals surface area contributed by atoms with E-state index in [9.17, 15) is 4.79 Å². The lowest BCUT2D eigenvalue weighted by atomic mass is 10.4. The van der Waals surface area contributed by atoms with E-state index in [1.807, 2.05) is 0 Å². The molecule has 0 fully saturated rings. The standard InChI is InChI=1S/C6H7N5OS/c12-5(6-7-1-2-13-6)3-11-9-4-8-10-11/h1-2,4,10H,3H2,(H,8,9). The SMILES string of the molecule is O=C(CN1NC=NN1)c1nccs1. The smallest absolute Gasteiger partial charge is 0.209 e. The molecule has 6 nitrogen and oxygen atoms in total. The second-order valence-corrected chi connectivity index (χ2v) is 3.23. The van der Waals surface area contributed by atoms with Crippen LogP contribution in [0.2, 0.25) is 0 Å². The maximum absolute atomic E-state index is 11.4. The van der Waals surface area contributed by atoms with Gasteiger partial charge in [-0.1, -0.05) is 0 Å². The van der Waals surface area contributed by atoms with Gasteiger partial charge in [0.15, 0.2) is 5.01 Å². The van der Waals surface area contributed by atoms with Crippen molar-refractivity contribution in [3.05, 3.63) is 16.6 Å². The minimum absolute atomic E-state index is 0.0412. The van der Waals surface area contributed by atoms with E-state index in [0.717, 1.165) is 0 Å². The van der Waals surface area contributed by atoms with Gasteiger partial charge in [0.2, 0.25) is 5.78 Å². The fourth-order valence-corrected chi connectivity index (χ4v) is 1.45. The van der Waals surface area contributed by atoms with E-state index in [4.69, 9.17) is 0 Å². The summed E-state index contributed by atoms with van der Waals surface area (Å²) in [6, 6.07) is 0. The van der Waals surface area contributed by atoms with E-state index in [2.05, 4.69) is 21.0 Å². The predicted molar refractivity (Wildman–Crippen MR) is 47.9 cm³/mol. The van der Waals surface area contributed by atoms with Gasteiger partial charge >= 0.3 is 0 Å². The number of nitrogens with one attached hydrogen (secondary N) is 2. The highest BCUT2D eigenvalue weighted by molar-refractivity contribution is 7.11. The molecule has 0 bridgehead atoms. The summed E-state index contributed by atoms with van der Waals surface area (Å²) in [5, 5.41) is 7.43. The van der Waals surface area contributed by atoms with Crippen molar-refractivity contribution >= 4 is 23.5 Å². The van der Waals surface area contributed by atoms with Crippen LogP contribution in [0, 0.1) is 0 Å². The molecule has 0 atom stereocenters. The third-order valence-electron chi connectivity index (χ3n) is 1.43. The van der Waals surface area contributed by atoms with Gasteiger partial charge in [0.1, 0.15) is 12.9 Å². The van der Waals surface area contributed by atoms with Crippen molar-refractivity contribution in [2.45, 2.75) is 0 Å². The summed E-state index contributed by atoms with van der Waals surface area (Å²) in [7, 11) is 0. The number of hydrazone groups is 1. The van der Waals surface area contributed by atoms with Crippen molar-refractivity contribution < 1.29 is 4.79 Å². The molecule has 1 aromatic rings. The van der Waals surface area contributed by atoms with Crippen LogP contribution in [-0.2, 0) is 0 Å². The van der Waals surface area contributed by atoms with E-state index >= 15 is 0 Å². The monoisotopic (exact) mass is 197 g/mol. The van der Waals surface area contributed by atoms with Crippen LogP contribution in [0.4, 0.5) is 0 Å². The van der Waals surface area contributed by atoms with Crippen molar-refractivity contribution in [2.75, 3.05) is 6.54 Å². The molecule has 0 radical (unpaired) electrons. The van der Waals surface area contributed by atoms with Crippen LogP contribution in [0.3, 0.4) is 0 Å². The fourth-order valence-electron chi connectivity index (χ4n) is 0.879. The Bertz CT molecular complexity index is 314. The number of carbonyl (C=O) groups is 1. The number of nitrogens with zero attached hydrogens (tertiary/aromatic N) is 3. The molecule has 13 heavy (non-hydrogen) atoms. The summed E-state index contributed by atoms with van der Waals surface area (Å²) in [6.07, 6.45) is 3.08. The second kappa shape index (κ2) is 3.50. The van der Waals surface area contributed by atoms with Crippen LogP contribution in [0.5, 0.6) is 0 Å². The Morgan fingerprint density at radius 2 is 2.62 bits per heavy atom. The van der Waals surface area contributed by atoms with E-state index in [1.54, 1.807) is 11.6 Å².